The third kappa shape index (κ3) is 2.96. The molecule has 0 saturated carbocycles. The topological polar surface area (TPSA) is 30.5 Å². The van der Waals surface area contributed by atoms with E-state index in [0.29, 0.717) is 6.04 Å². The number of aryl methyl sites for hydroxylation is 1. The largest absolute Gasteiger partial charge is 0.376 e. The SMILES string of the molecule is Brc1cc2c(s1)CCCC2NCC1COCCO1. The van der Waals surface area contributed by atoms with Crippen LogP contribution in [0.1, 0.15) is 29.3 Å². The van der Waals surface area contributed by atoms with E-state index in [4.69, 9.17) is 9.47 Å². The molecule has 3 nitrogen and oxygen atoms in total. The number of hydrogen-bond donors (Lipinski definition) is 1. The Morgan fingerprint density at radius 1 is 1.44 bits per heavy atom. The van der Waals surface area contributed by atoms with Gasteiger partial charge in [0, 0.05) is 17.5 Å². The summed E-state index contributed by atoms with van der Waals surface area (Å²) < 4.78 is 12.3. The van der Waals surface area contributed by atoms with Crippen molar-refractivity contribution in [3.63, 3.8) is 0 Å². The number of thiophene rings is 1. The molecule has 0 radical (unpaired) electrons. The van der Waals surface area contributed by atoms with E-state index in [1.54, 1.807) is 0 Å². The van der Waals surface area contributed by atoms with Crippen molar-refractivity contribution in [1.29, 1.82) is 0 Å². The first kappa shape index (κ1) is 13.1. The summed E-state index contributed by atoms with van der Waals surface area (Å²) in [5.74, 6) is 0. The van der Waals surface area contributed by atoms with E-state index in [1.165, 1.54) is 33.5 Å². The maximum atomic E-state index is 5.67. The highest BCUT2D eigenvalue weighted by molar-refractivity contribution is 9.11. The number of ether oxygens (including phenoxy) is 2. The summed E-state index contributed by atoms with van der Waals surface area (Å²) in [6.07, 6.45) is 3.95. The van der Waals surface area contributed by atoms with Gasteiger partial charge in [-0.15, -0.1) is 11.3 Å². The van der Waals surface area contributed by atoms with Crippen LogP contribution in [0.4, 0.5) is 0 Å². The van der Waals surface area contributed by atoms with Crippen molar-refractivity contribution in [3.8, 4) is 0 Å². The fraction of sp³-hybridized carbons (Fsp3) is 0.692. The van der Waals surface area contributed by atoms with Gasteiger partial charge in [0.05, 0.1) is 29.7 Å². The molecule has 1 aliphatic heterocycles. The number of halogens is 1. The molecule has 0 bridgehead atoms. The van der Waals surface area contributed by atoms with Gasteiger partial charge < -0.3 is 14.8 Å². The van der Waals surface area contributed by atoms with Gasteiger partial charge in [0.15, 0.2) is 0 Å². The van der Waals surface area contributed by atoms with Gasteiger partial charge in [-0.1, -0.05) is 0 Å². The Kier molecular flexibility index (Phi) is 4.36. The second-order valence-electron chi connectivity index (χ2n) is 4.85. The maximum Gasteiger partial charge on any atom is 0.0933 e. The Balaban J connectivity index is 1.59. The molecule has 18 heavy (non-hydrogen) atoms. The van der Waals surface area contributed by atoms with Crippen LogP contribution in [0.3, 0.4) is 0 Å². The quantitative estimate of drug-likeness (QED) is 0.923. The lowest BCUT2D eigenvalue weighted by Crippen LogP contribution is -2.39. The number of hydrogen-bond acceptors (Lipinski definition) is 4. The lowest BCUT2D eigenvalue weighted by atomic mass is 9.94. The summed E-state index contributed by atoms with van der Waals surface area (Å²) in [5.41, 5.74) is 1.48. The standard InChI is InChI=1S/C13H18BrNO2S/c14-13-6-10-11(2-1-3-12(10)18-13)15-7-9-8-16-4-5-17-9/h6,9,11,15H,1-5,7-8H2. The van der Waals surface area contributed by atoms with Gasteiger partial charge in [-0.3, -0.25) is 0 Å². The van der Waals surface area contributed by atoms with Crippen molar-refractivity contribution < 1.29 is 9.47 Å². The second-order valence-corrected chi connectivity index (χ2v) is 7.37. The van der Waals surface area contributed by atoms with Crippen LogP contribution in [-0.2, 0) is 15.9 Å². The minimum atomic E-state index is 0.214. The zero-order valence-corrected chi connectivity index (χ0v) is 12.7. The minimum absolute atomic E-state index is 0.214. The van der Waals surface area contributed by atoms with Crippen molar-refractivity contribution in [2.45, 2.75) is 31.4 Å². The maximum absolute atomic E-state index is 5.67. The fourth-order valence-electron chi connectivity index (χ4n) is 2.66. The van der Waals surface area contributed by atoms with Crippen LogP contribution in [0.25, 0.3) is 0 Å². The van der Waals surface area contributed by atoms with Crippen molar-refractivity contribution in [3.05, 3.63) is 20.3 Å². The van der Waals surface area contributed by atoms with Gasteiger partial charge >= 0.3 is 0 Å². The Morgan fingerprint density at radius 3 is 3.22 bits per heavy atom. The van der Waals surface area contributed by atoms with Gasteiger partial charge in [0.2, 0.25) is 0 Å². The van der Waals surface area contributed by atoms with E-state index in [9.17, 15) is 0 Å². The highest BCUT2D eigenvalue weighted by Crippen LogP contribution is 2.37. The number of fused-ring (bicyclic) bond motifs is 1. The van der Waals surface area contributed by atoms with E-state index in [2.05, 4.69) is 27.3 Å². The molecule has 2 atom stereocenters. The van der Waals surface area contributed by atoms with Crippen LogP contribution in [0, 0.1) is 0 Å². The van der Waals surface area contributed by atoms with Gasteiger partial charge in [0.1, 0.15) is 0 Å². The smallest absolute Gasteiger partial charge is 0.0933 e. The Hall–Kier alpha value is 0.0600. The molecular formula is C13H18BrNO2S. The molecule has 100 valence electrons. The van der Waals surface area contributed by atoms with Crippen molar-refractivity contribution in [2.75, 3.05) is 26.4 Å². The molecule has 2 heterocycles. The molecule has 0 aromatic carbocycles. The number of nitrogens with one attached hydrogen (secondary N) is 1. The fourth-order valence-corrected chi connectivity index (χ4v) is 4.48. The molecule has 3 rings (SSSR count). The normalized spacial score (nSPS) is 28.1. The average Bonchev–Trinajstić information content (AvgIpc) is 2.78. The molecule has 1 fully saturated rings. The summed E-state index contributed by atoms with van der Waals surface area (Å²) in [4.78, 5) is 1.53. The summed E-state index contributed by atoms with van der Waals surface area (Å²) >= 11 is 5.47. The summed E-state index contributed by atoms with van der Waals surface area (Å²) in [5, 5.41) is 3.64. The summed E-state index contributed by atoms with van der Waals surface area (Å²) in [7, 11) is 0. The first-order chi connectivity index (χ1) is 8.83. The molecular weight excluding hydrogens is 314 g/mol. The molecule has 1 aromatic heterocycles. The van der Waals surface area contributed by atoms with Crippen molar-refractivity contribution >= 4 is 27.3 Å². The summed E-state index contributed by atoms with van der Waals surface area (Å²) in [6, 6.07) is 2.76. The zero-order valence-electron chi connectivity index (χ0n) is 10.3. The lowest BCUT2D eigenvalue weighted by Gasteiger charge is -2.28. The second kappa shape index (κ2) is 6.01. The lowest BCUT2D eigenvalue weighted by molar-refractivity contribution is -0.0872. The molecule has 0 amide bonds. The van der Waals surface area contributed by atoms with Gasteiger partial charge in [-0.2, -0.15) is 0 Å². The monoisotopic (exact) mass is 331 g/mol. The van der Waals surface area contributed by atoms with Gasteiger partial charge in [-0.05, 0) is 46.8 Å². The molecule has 2 unspecified atom stereocenters. The van der Waals surface area contributed by atoms with Crippen LogP contribution in [0.5, 0.6) is 0 Å². The minimum Gasteiger partial charge on any atom is -0.376 e. The van der Waals surface area contributed by atoms with Crippen LogP contribution >= 0.6 is 27.3 Å². The molecule has 1 saturated heterocycles. The highest BCUT2D eigenvalue weighted by atomic mass is 79.9. The van der Waals surface area contributed by atoms with E-state index >= 15 is 0 Å². The van der Waals surface area contributed by atoms with Crippen LogP contribution in [-0.4, -0.2) is 32.5 Å². The zero-order chi connectivity index (χ0) is 12.4. The Morgan fingerprint density at radius 2 is 2.39 bits per heavy atom. The van der Waals surface area contributed by atoms with E-state index in [0.717, 1.165) is 26.4 Å². The molecule has 5 heteroatoms. The van der Waals surface area contributed by atoms with Gasteiger partial charge in [-0.25, -0.2) is 0 Å². The molecule has 1 aliphatic carbocycles. The molecule has 2 aliphatic rings. The predicted octanol–water partition coefficient (Wildman–Crippen LogP) is 2.89. The van der Waals surface area contributed by atoms with Crippen LogP contribution in [0.2, 0.25) is 0 Å². The van der Waals surface area contributed by atoms with E-state index in [1.807, 2.05) is 11.3 Å². The van der Waals surface area contributed by atoms with E-state index < -0.39 is 0 Å². The van der Waals surface area contributed by atoms with E-state index in [-0.39, 0.29) is 6.10 Å². The van der Waals surface area contributed by atoms with Crippen LogP contribution < -0.4 is 5.32 Å². The number of rotatable bonds is 3. The molecule has 1 aromatic rings. The van der Waals surface area contributed by atoms with Crippen molar-refractivity contribution in [2.24, 2.45) is 0 Å². The van der Waals surface area contributed by atoms with Crippen LogP contribution in [0.15, 0.2) is 9.85 Å². The Bertz CT molecular complexity index is 404. The first-order valence-electron chi connectivity index (χ1n) is 6.54. The Labute approximate surface area is 120 Å². The predicted molar refractivity (Wildman–Crippen MR) is 76.3 cm³/mol. The van der Waals surface area contributed by atoms with Gasteiger partial charge in [0.25, 0.3) is 0 Å². The third-order valence-electron chi connectivity index (χ3n) is 3.56. The molecule has 1 N–H and O–H groups in total. The molecule has 0 spiro atoms. The van der Waals surface area contributed by atoms with Crippen molar-refractivity contribution in [1.82, 2.24) is 5.32 Å². The highest BCUT2D eigenvalue weighted by Gasteiger charge is 2.23. The third-order valence-corrected chi connectivity index (χ3v) is 5.27. The average molecular weight is 332 g/mol. The first-order valence-corrected chi connectivity index (χ1v) is 8.15. The summed E-state index contributed by atoms with van der Waals surface area (Å²) in [6.45, 7) is 3.07.